The zero-order valence-corrected chi connectivity index (χ0v) is 29.9. The molecule has 1 spiro atoms. The van der Waals surface area contributed by atoms with E-state index in [4.69, 9.17) is 9.97 Å². The van der Waals surface area contributed by atoms with Crippen LogP contribution in [0.25, 0.3) is 88.5 Å². The van der Waals surface area contributed by atoms with Crippen molar-refractivity contribution < 1.29 is 0 Å². The van der Waals surface area contributed by atoms with E-state index in [2.05, 4.69) is 188 Å². The van der Waals surface area contributed by atoms with Gasteiger partial charge in [0.25, 0.3) is 0 Å². The van der Waals surface area contributed by atoms with Crippen molar-refractivity contribution in [2.75, 3.05) is 0 Å². The highest BCUT2D eigenvalue weighted by Gasteiger charge is 2.51. The molecule has 0 saturated carbocycles. The Morgan fingerprint density at radius 3 is 1.60 bits per heavy atom. The van der Waals surface area contributed by atoms with Gasteiger partial charge in [-0.1, -0.05) is 176 Å². The number of rotatable bonds is 3. The maximum Gasteiger partial charge on any atom is 0.160 e. The molecule has 0 amide bonds. The van der Waals surface area contributed by atoms with Gasteiger partial charge >= 0.3 is 0 Å². The van der Waals surface area contributed by atoms with Gasteiger partial charge in [0.05, 0.1) is 16.8 Å². The van der Waals surface area contributed by atoms with Crippen molar-refractivity contribution in [1.29, 1.82) is 0 Å². The van der Waals surface area contributed by atoms with Crippen LogP contribution in [0.4, 0.5) is 0 Å². The van der Waals surface area contributed by atoms with Crippen molar-refractivity contribution in [1.82, 2.24) is 9.97 Å². The Kier molecular flexibility index (Phi) is 6.29. The van der Waals surface area contributed by atoms with Crippen LogP contribution in [0, 0.1) is 0 Å². The normalized spacial score (nSPS) is 13.2. The molecule has 0 N–H and O–H groups in total. The van der Waals surface area contributed by atoms with Gasteiger partial charge < -0.3 is 0 Å². The van der Waals surface area contributed by atoms with Crippen LogP contribution in [0.2, 0.25) is 0 Å². The standard InChI is InChI=1S/C53H32N2/c1-2-15-34(16-3-1)52-54-48(32-49(55-52)51-39-19-7-5-17-35(39)30-37-27-26-33-14-4-6-18-38(33)50(37)51)36-28-29-47-43(31-36)42-22-10-13-25-46(42)53(47)44-23-11-8-20-40(44)41-21-9-12-24-45(41)53/h1-32H. The van der Waals surface area contributed by atoms with Crippen molar-refractivity contribution in [2.24, 2.45) is 0 Å². The molecule has 0 atom stereocenters. The van der Waals surface area contributed by atoms with Crippen molar-refractivity contribution in [3.05, 3.63) is 216 Å². The van der Waals surface area contributed by atoms with E-state index in [-0.39, 0.29) is 5.41 Å². The molecule has 254 valence electrons. The molecular weight excluding hydrogens is 665 g/mol. The lowest BCUT2D eigenvalue weighted by atomic mass is 9.70. The Bertz CT molecular complexity index is 3170. The molecule has 0 unspecified atom stereocenters. The lowest BCUT2D eigenvalue weighted by Gasteiger charge is -2.30. The van der Waals surface area contributed by atoms with Crippen LogP contribution in [0.15, 0.2) is 194 Å². The van der Waals surface area contributed by atoms with Crippen LogP contribution in [-0.2, 0) is 5.41 Å². The Labute approximate surface area is 319 Å². The molecule has 2 heteroatoms. The number of hydrogen-bond acceptors (Lipinski definition) is 2. The third-order valence-electron chi connectivity index (χ3n) is 12.1. The van der Waals surface area contributed by atoms with Crippen molar-refractivity contribution in [3.8, 4) is 56.2 Å². The summed E-state index contributed by atoms with van der Waals surface area (Å²) in [6.45, 7) is 0. The van der Waals surface area contributed by atoms with E-state index in [0.29, 0.717) is 5.82 Å². The average Bonchev–Trinajstić information content (AvgIpc) is 3.73. The van der Waals surface area contributed by atoms with Crippen LogP contribution < -0.4 is 0 Å². The fourth-order valence-electron chi connectivity index (χ4n) is 9.80. The molecule has 1 aromatic heterocycles. The molecule has 0 aliphatic heterocycles. The minimum Gasteiger partial charge on any atom is -0.228 e. The minimum atomic E-state index is -0.382. The maximum atomic E-state index is 5.41. The van der Waals surface area contributed by atoms with Gasteiger partial charge in [-0.25, -0.2) is 9.97 Å². The fraction of sp³-hybridized carbons (Fsp3) is 0.0189. The van der Waals surface area contributed by atoms with Crippen LogP contribution in [0.5, 0.6) is 0 Å². The molecule has 0 bridgehead atoms. The number of benzene rings is 9. The Morgan fingerprint density at radius 1 is 0.327 bits per heavy atom. The second-order valence-electron chi connectivity index (χ2n) is 14.8. The van der Waals surface area contributed by atoms with Gasteiger partial charge in [0.1, 0.15) is 0 Å². The second kappa shape index (κ2) is 11.4. The highest BCUT2D eigenvalue weighted by atomic mass is 14.9. The molecule has 12 rings (SSSR count). The average molecular weight is 697 g/mol. The molecule has 0 fully saturated rings. The molecule has 55 heavy (non-hydrogen) atoms. The summed E-state index contributed by atoms with van der Waals surface area (Å²) in [7, 11) is 0. The molecule has 2 aliphatic carbocycles. The van der Waals surface area contributed by atoms with Crippen LogP contribution in [0.3, 0.4) is 0 Å². The third-order valence-corrected chi connectivity index (χ3v) is 12.1. The quantitative estimate of drug-likeness (QED) is 0.136. The van der Waals surface area contributed by atoms with Gasteiger partial charge in [-0.05, 0) is 95.0 Å². The number of aromatic nitrogens is 2. The number of hydrogen-bond donors (Lipinski definition) is 0. The van der Waals surface area contributed by atoms with E-state index in [1.165, 1.54) is 76.8 Å². The van der Waals surface area contributed by atoms with Gasteiger partial charge in [0.15, 0.2) is 5.82 Å². The largest absolute Gasteiger partial charge is 0.228 e. The fourth-order valence-corrected chi connectivity index (χ4v) is 9.80. The molecule has 2 aliphatic rings. The first-order chi connectivity index (χ1) is 27.3. The first-order valence-corrected chi connectivity index (χ1v) is 19.0. The Hall–Kier alpha value is -7.16. The topological polar surface area (TPSA) is 25.8 Å². The Balaban J connectivity index is 1.15. The second-order valence-corrected chi connectivity index (χ2v) is 14.8. The van der Waals surface area contributed by atoms with E-state index >= 15 is 0 Å². The number of nitrogens with zero attached hydrogens (tertiary/aromatic N) is 2. The van der Waals surface area contributed by atoms with Crippen molar-refractivity contribution >= 4 is 32.3 Å². The summed E-state index contributed by atoms with van der Waals surface area (Å²) in [5, 5.41) is 7.22. The first kappa shape index (κ1) is 30.3. The highest BCUT2D eigenvalue weighted by Crippen LogP contribution is 2.63. The van der Waals surface area contributed by atoms with E-state index in [1.807, 2.05) is 6.07 Å². The van der Waals surface area contributed by atoms with Crippen LogP contribution in [0.1, 0.15) is 22.3 Å². The van der Waals surface area contributed by atoms with Crippen molar-refractivity contribution in [3.63, 3.8) is 0 Å². The monoisotopic (exact) mass is 696 g/mol. The third kappa shape index (κ3) is 4.19. The summed E-state index contributed by atoms with van der Waals surface area (Å²) in [5.41, 5.74) is 15.1. The van der Waals surface area contributed by atoms with Gasteiger partial charge in [-0.3, -0.25) is 0 Å². The summed E-state index contributed by atoms with van der Waals surface area (Å²) in [4.78, 5) is 10.8. The smallest absolute Gasteiger partial charge is 0.160 e. The van der Waals surface area contributed by atoms with Gasteiger partial charge in [0, 0.05) is 16.7 Å². The summed E-state index contributed by atoms with van der Waals surface area (Å²) in [6, 6.07) is 70.8. The summed E-state index contributed by atoms with van der Waals surface area (Å²) >= 11 is 0. The van der Waals surface area contributed by atoms with Crippen LogP contribution in [-0.4, -0.2) is 9.97 Å². The summed E-state index contributed by atoms with van der Waals surface area (Å²) < 4.78 is 0. The van der Waals surface area contributed by atoms with E-state index in [9.17, 15) is 0 Å². The SMILES string of the molecule is c1ccc(-c2nc(-c3ccc4c(c3)-c3ccccc3C43c4ccccc4-c4ccccc43)cc(-c3c4ccccc4cc4ccc5ccccc5c34)n2)cc1. The van der Waals surface area contributed by atoms with Gasteiger partial charge in [0.2, 0.25) is 0 Å². The molecular formula is C53H32N2. The summed E-state index contributed by atoms with van der Waals surface area (Å²) in [6.07, 6.45) is 0. The lowest BCUT2D eigenvalue weighted by molar-refractivity contribution is 0.794. The van der Waals surface area contributed by atoms with Crippen molar-refractivity contribution in [2.45, 2.75) is 5.41 Å². The molecule has 2 nitrogen and oxygen atoms in total. The molecule has 10 aromatic rings. The minimum absolute atomic E-state index is 0.382. The number of fused-ring (bicyclic) bond motifs is 14. The van der Waals surface area contributed by atoms with E-state index < -0.39 is 0 Å². The molecule has 9 aromatic carbocycles. The molecule has 1 heterocycles. The highest BCUT2D eigenvalue weighted by molar-refractivity contribution is 6.21. The predicted octanol–water partition coefficient (Wildman–Crippen LogP) is 13.3. The first-order valence-electron chi connectivity index (χ1n) is 19.0. The maximum absolute atomic E-state index is 5.41. The zero-order valence-electron chi connectivity index (χ0n) is 29.9. The summed E-state index contributed by atoms with van der Waals surface area (Å²) in [5.74, 6) is 0.713. The van der Waals surface area contributed by atoms with Gasteiger partial charge in [-0.15, -0.1) is 0 Å². The molecule has 0 saturated heterocycles. The molecule has 0 radical (unpaired) electrons. The van der Waals surface area contributed by atoms with Crippen LogP contribution >= 0.6 is 0 Å². The Morgan fingerprint density at radius 2 is 0.873 bits per heavy atom. The lowest BCUT2D eigenvalue weighted by Crippen LogP contribution is -2.25. The van der Waals surface area contributed by atoms with Gasteiger partial charge in [-0.2, -0.15) is 0 Å². The predicted molar refractivity (Wildman–Crippen MR) is 227 cm³/mol. The van der Waals surface area contributed by atoms with E-state index in [1.54, 1.807) is 0 Å². The van der Waals surface area contributed by atoms with E-state index in [0.717, 1.165) is 28.1 Å². The zero-order chi connectivity index (χ0) is 36.1.